The summed E-state index contributed by atoms with van der Waals surface area (Å²) in [4.78, 5) is 18.3. The summed E-state index contributed by atoms with van der Waals surface area (Å²) in [6, 6.07) is 4.71. The maximum Gasteiger partial charge on any atom is 0.253 e. The third kappa shape index (κ3) is 4.30. The molecular formula is C19H28FN3O2. The number of nitrogens with zero attached hydrogens (tertiary/aromatic N) is 3. The Kier molecular flexibility index (Phi) is 5.59. The van der Waals surface area contributed by atoms with E-state index in [0.29, 0.717) is 23.7 Å². The molecule has 5 nitrogen and oxygen atoms in total. The number of aliphatic hydroxyl groups excluding tert-OH is 1. The highest BCUT2D eigenvalue weighted by molar-refractivity contribution is 5.94. The fourth-order valence-corrected chi connectivity index (χ4v) is 3.42. The molecule has 1 N–H and O–H groups in total. The second kappa shape index (κ2) is 7.70. The standard InChI is InChI=1S/C19H28FN3O2/c1-3-22-8-10-23(11-9-22)17-7-6-15(12-16(17)20)19(25)21(2)13-18(24)14-4-5-14/h6-7,12,14,18,24H,3-5,8-11,13H2,1-2H3. The Balaban J connectivity index is 1.63. The topological polar surface area (TPSA) is 47.0 Å². The molecule has 0 bridgehead atoms. The maximum absolute atomic E-state index is 14.6. The second-order valence-corrected chi connectivity index (χ2v) is 7.18. The van der Waals surface area contributed by atoms with Crippen molar-refractivity contribution in [3.63, 3.8) is 0 Å². The fourth-order valence-electron chi connectivity index (χ4n) is 3.42. The molecule has 1 unspecified atom stereocenters. The highest BCUT2D eigenvalue weighted by atomic mass is 19.1. The summed E-state index contributed by atoms with van der Waals surface area (Å²) in [5, 5.41) is 9.99. The normalized spacial score (nSPS) is 19.8. The van der Waals surface area contributed by atoms with Crippen LogP contribution in [-0.2, 0) is 0 Å². The van der Waals surface area contributed by atoms with Crippen molar-refractivity contribution in [3.8, 4) is 0 Å². The van der Waals surface area contributed by atoms with Crippen molar-refractivity contribution in [1.82, 2.24) is 9.80 Å². The minimum atomic E-state index is -0.479. The van der Waals surface area contributed by atoms with Crippen LogP contribution in [0.2, 0.25) is 0 Å². The quantitative estimate of drug-likeness (QED) is 0.851. The second-order valence-electron chi connectivity index (χ2n) is 7.18. The Hall–Kier alpha value is -1.66. The first kappa shape index (κ1) is 18.1. The number of likely N-dealkylation sites (N-methyl/N-ethyl adjacent to an activating group) is 2. The van der Waals surface area contributed by atoms with Crippen LogP contribution in [0.4, 0.5) is 10.1 Å². The van der Waals surface area contributed by atoms with Crippen molar-refractivity contribution in [2.75, 3.05) is 51.2 Å². The number of anilines is 1. The van der Waals surface area contributed by atoms with Crippen LogP contribution in [-0.4, -0.2) is 73.2 Å². The Morgan fingerprint density at radius 1 is 1.32 bits per heavy atom. The fraction of sp³-hybridized carbons (Fsp3) is 0.632. The molecule has 0 spiro atoms. The predicted octanol–water partition coefficient (Wildman–Crippen LogP) is 1.81. The van der Waals surface area contributed by atoms with E-state index in [9.17, 15) is 14.3 Å². The molecule has 1 atom stereocenters. The van der Waals surface area contributed by atoms with Gasteiger partial charge in [0.2, 0.25) is 0 Å². The number of carbonyl (C=O) groups excluding carboxylic acids is 1. The highest BCUT2D eigenvalue weighted by Gasteiger charge is 2.31. The molecular weight excluding hydrogens is 321 g/mol. The average Bonchev–Trinajstić information content (AvgIpc) is 3.46. The predicted molar refractivity (Wildman–Crippen MR) is 96.4 cm³/mol. The van der Waals surface area contributed by atoms with Crippen LogP contribution in [0.3, 0.4) is 0 Å². The number of benzene rings is 1. The van der Waals surface area contributed by atoms with Crippen molar-refractivity contribution >= 4 is 11.6 Å². The number of hydrogen-bond acceptors (Lipinski definition) is 4. The van der Waals surface area contributed by atoms with Gasteiger partial charge in [0.1, 0.15) is 5.82 Å². The third-order valence-corrected chi connectivity index (χ3v) is 5.33. The lowest BCUT2D eigenvalue weighted by Gasteiger charge is -2.35. The van der Waals surface area contributed by atoms with Gasteiger partial charge >= 0.3 is 0 Å². The summed E-state index contributed by atoms with van der Waals surface area (Å²) in [5.74, 6) is -0.288. The van der Waals surface area contributed by atoms with Gasteiger partial charge in [-0.15, -0.1) is 0 Å². The Bertz CT molecular complexity index is 613. The minimum Gasteiger partial charge on any atom is -0.391 e. The molecule has 1 aromatic carbocycles. The average molecular weight is 349 g/mol. The molecule has 2 aliphatic rings. The van der Waals surface area contributed by atoms with E-state index in [2.05, 4.69) is 11.8 Å². The van der Waals surface area contributed by atoms with Crippen LogP contribution in [0.25, 0.3) is 0 Å². The van der Waals surface area contributed by atoms with Crippen LogP contribution in [0.5, 0.6) is 0 Å². The molecule has 0 aromatic heterocycles. The van der Waals surface area contributed by atoms with E-state index in [0.717, 1.165) is 45.6 Å². The van der Waals surface area contributed by atoms with Gasteiger partial charge in [-0.3, -0.25) is 4.79 Å². The van der Waals surface area contributed by atoms with Gasteiger partial charge in [-0.25, -0.2) is 4.39 Å². The van der Waals surface area contributed by atoms with Crippen molar-refractivity contribution in [3.05, 3.63) is 29.6 Å². The maximum atomic E-state index is 14.6. The summed E-state index contributed by atoms with van der Waals surface area (Å²) in [5.41, 5.74) is 0.895. The first-order valence-corrected chi connectivity index (χ1v) is 9.20. The van der Waals surface area contributed by atoms with Gasteiger partial charge in [0.25, 0.3) is 5.91 Å². The van der Waals surface area contributed by atoms with E-state index in [1.54, 1.807) is 19.2 Å². The molecule has 1 amide bonds. The molecule has 1 aromatic rings. The van der Waals surface area contributed by atoms with E-state index in [1.165, 1.54) is 11.0 Å². The number of carbonyl (C=O) groups is 1. The van der Waals surface area contributed by atoms with Gasteiger partial charge in [-0.1, -0.05) is 6.92 Å². The van der Waals surface area contributed by atoms with Gasteiger partial charge in [0, 0.05) is 45.3 Å². The van der Waals surface area contributed by atoms with E-state index in [-0.39, 0.29) is 11.7 Å². The summed E-state index contributed by atoms with van der Waals surface area (Å²) in [7, 11) is 1.66. The van der Waals surface area contributed by atoms with Crippen molar-refractivity contribution < 1.29 is 14.3 Å². The van der Waals surface area contributed by atoms with Crippen LogP contribution in [0.15, 0.2) is 18.2 Å². The van der Waals surface area contributed by atoms with Crippen LogP contribution >= 0.6 is 0 Å². The lowest BCUT2D eigenvalue weighted by Crippen LogP contribution is -2.46. The lowest BCUT2D eigenvalue weighted by atomic mass is 10.1. The molecule has 1 heterocycles. The summed E-state index contributed by atoms with van der Waals surface area (Å²) >= 11 is 0. The Labute approximate surface area is 149 Å². The van der Waals surface area contributed by atoms with Gasteiger partial charge in [0.05, 0.1) is 11.8 Å². The molecule has 1 saturated heterocycles. The zero-order valence-corrected chi connectivity index (χ0v) is 15.1. The van der Waals surface area contributed by atoms with E-state index in [4.69, 9.17) is 0 Å². The molecule has 1 saturated carbocycles. The van der Waals surface area contributed by atoms with Crippen molar-refractivity contribution in [1.29, 1.82) is 0 Å². The monoisotopic (exact) mass is 349 g/mol. The van der Waals surface area contributed by atoms with E-state index >= 15 is 0 Å². The van der Waals surface area contributed by atoms with E-state index < -0.39 is 6.10 Å². The van der Waals surface area contributed by atoms with Gasteiger partial charge in [-0.2, -0.15) is 0 Å². The number of hydrogen-bond donors (Lipinski definition) is 1. The first-order chi connectivity index (χ1) is 12.0. The number of amides is 1. The number of piperazine rings is 1. The zero-order valence-electron chi connectivity index (χ0n) is 15.1. The van der Waals surface area contributed by atoms with Crippen molar-refractivity contribution in [2.24, 2.45) is 5.92 Å². The summed E-state index contributed by atoms with van der Waals surface area (Å²) < 4.78 is 14.6. The van der Waals surface area contributed by atoms with Gasteiger partial charge < -0.3 is 19.8 Å². The smallest absolute Gasteiger partial charge is 0.253 e. The number of aliphatic hydroxyl groups is 1. The number of halogens is 1. The molecule has 138 valence electrons. The van der Waals surface area contributed by atoms with E-state index in [1.807, 2.05) is 4.90 Å². The van der Waals surface area contributed by atoms with Crippen LogP contribution in [0.1, 0.15) is 30.1 Å². The molecule has 2 fully saturated rings. The van der Waals surface area contributed by atoms with Crippen LogP contribution < -0.4 is 4.90 Å². The Morgan fingerprint density at radius 3 is 2.56 bits per heavy atom. The minimum absolute atomic E-state index is 0.249. The molecule has 6 heteroatoms. The number of rotatable bonds is 6. The molecule has 0 radical (unpaired) electrons. The van der Waals surface area contributed by atoms with Crippen molar-refractivity contribution in [2.45, 2.75) is 25.9 Å². The molecule has 1 aliphatic carbocycles. The summed E-state index contributed by atoms with van der Waals surface area (Å²) in [6.07, 6.45) is 1.57. The largest absolute Gasteiger partial charge is 0.391 e. The SMILES string of the molecule is CCN1CCN(c2ccc(C(=O)N(C)CC(O)C3CC3)cc2F)CC1. The molecule has 3 rings (SSSR count). The van der Waals surface area contributed by atoms with Crippen LogP contribution in [0, 0.1) is 11.7 Å². The highest BCUT2D eigenvalue weighted by Crippen LogP contribution is 2.33. The van der Waals surface area contributed by atoms with Gasteiger partial charge in [-0.05, 0) is 43.5 Å². The summed E-state index contributed by atoms with van der Waals surface area (Å²) in [6.45, 7) is 6.90. The third-order valence-electron chi connectivity index (χ3n) is 5.33. The molecule has 1 aliphatic heterocycles. The first-order valence-electron chi connectivity index (χ1n) is 9.20. The lowest BCUT2D eigenvalue weighted by molar-refractivity contribution is 0.0645. The Morgan fingerprint density at radius 2 is 2.00 bits per heavy atom. The molecule has 25 heavy (non-hydrogen) atoms. The van der Waals surface area contributed by atoms with Gasteiger partial charge in [0.15, 0.2) is 0 Å². The zero-order chi connectivity index (χ0) is 18.0.